The number of nitrogens with one attached hydrogen (secondary N) is 1. The molecule has 0 atom stereocenters. The summed E-state index contributed by atoms with van der Waals surface area (Å²) in [4.78, 5) is 0. The van der Waals surface area contributed by atoms with Crippen LogP contribution in [0.3, 0.4) is 0 Å². The molecule has 0 spiro atoms. The van der Waals surface area contributed by atoms with Crippen molar-refractivity contribution in [1.29, 1.82) is 0 Å². The first-order valence-corrected chi connectivity index (χ1v) is 4.28. The number of aromatic nitrogens is 1. The van der Waals surface area contributed by atoms with Crippen LogP contribution in [-0.2, 0) is 6.54 Å². The van der Waals surface area contributed by atoms with E-state index in [0.29, 0.717) is 11.9 Å². The Morgan fingerprint density at radius 3 is 3.00 bits per heavy atom. The van der Waals surface area contributed by atoms with Gasteiger partial charge in [0.2, 0.25) is 5.88 Å². The highest BCUT2D eigenvalue weighted by molar-refractivity contribution is 5.32. The second-order valence-corrected chi connectivity index (χ2v) is 3.22. The fraction of sp³-hybridized carbons (Fsp3) is 0.625. The predicted octanol–water partition coefficient (Wildman–Crippen LogP) is 0.899. The summed E-state index contributed by atoms with van der Waals surface area (Å²) in [6.45, 7) is 0.778. The highest BCUT2D eigenvalue weighted by Gasteiger charge is 2.16. The van der Waals surface area contributed by atoms with Crippen molar-refractivity contribution in [3.05, 3.63) is 11.8 Å². The van der Waals surface area contributed by atoms with Crippen LogP contribution in [-0.4, -0.2) is 11.2 Å². The van der Waals surface area contributed by atoms with Gasteiger partial charge >= 0.3 is 0 Å². The van der Waals surface area contributed by atoms with E-state index in [1.165, 1.54) is 19.3 Å². The third-order valence-corrected chi connectivity index (χ3v) is 2.36. The van der Waals surface area contributed by atoms with Crippen LogP contribution >= 0.6 is 0 Å². The van der Waals surface area contributed by atoms with Crippen LogP contribution < -0.4 is 11.1 Å². The number of nitrogen functional groups attached to an aromatic ring is 1. The molecule has 0 aromatic carbocycles. The molecule has 4 nitrogen and oxygen atoms in total. The Balaban J connectivity index is 1.82. The zero-order valence-electron chi connectivity index (χ0n) is 6.92. The molecule has 1 aromatic rings. The molecular formula is C8H13N3O. The minimum Gasteiger partial charge on any atom is -0.367 e. The molecule has 1 saturated carbocycles. The quantitative estimate of drug-likeness (QED) is 0.702. The molecule has 0 unspecified atom stereocenters. The van der Waals surface area contributed by atoms with Gasteiger partial charge in [-0.1, -0.05) is 11.6 Å². The topological polar surface area (TPSA) is 64.1 Å². The number of rotatable bonds is 3. The summed E-state index contributed by atoms with van der Waals surface area (Å²) in [6.07, 6.45) is 5.58. The molecule has 0 bridgehead atoms. The van der Waals surface area contributed by atoms with Crippen LogP contribution in [0, 0.1) is 0 Å². The normalized spacial score (nSPS) is 17.7. The van der Waals surface area contributed by atoms with Gasteiger partial charge in [0.1, 0.15) is 0 Å². The summed E-state index contributed by atoms with van der Waals surface area (Å²) < 4.78 is 4.74. The number of hydrogen-bond donors (Lipinski definition) is 2. The maximum absolute atomic E-state index is 5.52. The smallest absolute Gasteiger partial charge is 0.226 e. The van der Waals surface area contributed by atoms with Gasteiger partial charge in [0.15, 0.2) is 0 Å². The zero-order valence-corrected chi connectivity index (χ0v) is 6.92. The number of nitrogens with zero attached hydrogens (tertiary/aromatic N) is 1. The Bertz CT molecular complexity index is 255. The molecule has 4 heteroatoms. The van der Waals surface area contributed by atoms with E-state index < -0.39 is 0 Å². The van der Waals surface area contributed by atoms with Gasteiger partial charge in [0.25, 0.3) is 0 Å². The van der Waals surface area contributed by atoms with E-state index in [0.717, 1.165) is 12.1 Å². The Hall–Kier alpha value is -1.03. The molecule has 0 saturated heterocycles. The Morgan fingerprint density at radius 1 is 1.67 bits per heavy atom. The van der Waals surface area contributed by atoms with Crippen molar-refractivity contribution in [2.24, 2.45) is 0 Å². The lowest BCUT2D eigenvalue weighted by Gasteiger charge is -2.26. The highest BCUT2D eigenvalue weighted by Crippen LogP contribution is 2.19. The second kappa shape index (κ2) is 3.15. The molecule has 1 heterocycles. The number of anilines is 1. The monoisotopic (exact) mass is 167 g/mol. The average molecular weight is 167 g/mol. The second-order valence-electron chi connectivity index (χ2n) is 3.22. The van der Waals surface area contributed by atoms with Gasteiger partial charge in [0, 0.05) is 12.6 Å². The summed E-state index contributed by atoms with van der Waals surface area (Å²) in [7, 11) is 0. The lowest BCUT2D eigenvalue weighted by molar-refractivity contribution is 0.338. The molecule has 3 N–H and O–H groups in total. The molecule has 1 aliphatic carbocycles. The van der Waals surface area contributed by atoms with Gasteiger partial charge < -0.3 is 15.6 Å². The SMILES string of the molecule is Nc1oncc1CNC1CCC1. The standard InChI is InChI=1S/C8H13N3O/c9-8-6(5-11-12-8)4-10-7-2-1-3-7/h5,7,10H,1-4,9H2. The largest absolute Gasteiger partial charge is 0.367 e. The van der Waals surface area contributed by atoms with Crippen molar-refractivity contribution in [3.63, 3.8) is 0 Å². The molecule has 66 valence electrons. The third kappa shape index (κ3) is 1.43. The van der Waals surface area contributed by atoms with Crippen molar-refractivity contribution < 1.29 is 4.52 Å². The molecule has 0 amide bonds. The van der Waals surface area contributed by atoms with Crippen LogP contribution in [0.5, 0.6) is 0 Å². The van der Waals surface area contributed by atoms with Crippen LogP contribution in [0.4, 0.5) is 5.88 Å². The number of nitrogens with two attached hydrogens (primary N) is 1. The van der Waals surface area contributed by atoms with E-state index in [-0.39, 0.29) is 0 Å². The summed E-state index contributed by atoms with van der Waals surface area (Å²) in [6, 6.07) is 0.680. The Morgan fingerprint density at radius 2 is 2.50 bits per heavy atom. The van der Waals surface area contributed by atoms with Crippen LogP contribution in [0.1, 0.15) is 24.8 Å². The van der Waals surface area contributed by atoms with Gasteiger partial charge in [-0.25, -0.2) is 0 Å². The lowest BCUT2D eigenvalue weighted by Crippen LogP contribution is -2.34. The van der Waals surface area contributed by atoms with Crippen LogP contribution in [0.15, 0.2) is 10.7 Å². The third-order valence-electron chi connectivity index (χ3n) is 2.36. The predicted molar refractivity (Wildman–Crippen MR) is 45.4 cm³/mol. The molecular weight excluding hydrogens is 154 g/mol. The van der Waals surface area contributed by atoms with E-state index in [4.69, 9.17) is 10.3 Å². The number of hydrogen-bond acceptors (Lipinski definition) is 4. The fourth-order valence-corrected chi connectivity index (χ4v) is 1.27. The average Bonchev–Trinajstić information content (AvgIpc) is 2.33. The Labute approximate surface area is 71.1 Å². The van der Waals surface area contributed by atoms with Crippen molar-refractivity contribution in [2.45, 2.75) is 31.8 Å². The maximum Gasteiger partial charge on any atom is 0.226 e. The Kier molecular flexibility index (Phi) is 1.99. The first-order valence-electron chi connectivity index (χ1n) is 4.28. The van der Waals surface area contributed by atoms with Gasteiger partial charge in [0.05, 0.1) is 11.8 Å². The molecule has 2 rings (SSSR count). The lowest BCUT2D eigenvalue weighted by atomic mass is 9.93. The highest BCUT2D eigenvalue weighted by atomic mass is 16.5. The van der Waals surface area contributed by atoms with Crippen molar-refractivity contribution in [3.8, 4) is 0 Å². The minimum atomic E-state index is 0.432. The van der Waals surface area contributed by atoms with Gasteiger partial charge in [-0.15, -0.1) is 0 Å². The van der Waals surface area contributed by atoms with Gasteiger partial charge in [-0.05, 0) is 12.8 Å². The summed E-state index contributed by atoms with van der Waals surface area (Å²) in [5.74, 6) is 0.432. The first-order chi connectivity index (χ1) is 5.86. The van der Waals surface area contributed by atoms with Crippen LogP contribution in [0.25, 0.3) is 0 Å². The van der Waals surface area contributed by atoms with Gasteiger partial charge in [-0.2, -0.15) is 0 Å². The molecule has 0 radical (unpaired) electrons. The summed E-state index contributed by atoms with van der Waals surface area (Å²) in [5, 5.41) is 6.99. The molecule has 12 heavy (non-hydrogen) atoms. The molecule has 1 aromatic heterocycles. The van der Waals surface area contributed by atoms with Crippen molar-refractivity contribution in [1.82, 2.24) is 10.5 Å². The fourth-order valence-electron chi connectivity index (χ4n) is 1.27. The van der Waals surface area contributed by atoms with E-state index in [1.807, 2.05) is 0 Å². The molecule has 1 fully saturated rings. The summed E-state index contributed by atoms with van der Waals surface area (Å²) >= 11 is 0. The summed E-state index contributed by atoms with van der Waals surface area (Å²) in [5.41, 5.74) is 6.48. The van der Waals surface area contributed by atoms with Crippen LogP contribution in [0.2, 0.25) is 0 Å². The van der Waals surface area contributed by atoms with E-state index in [1.54, 1.807) is 6.20 Å². The molecule has 0 aliphatic heterocycles. The maximum atomic E-state index is 5.52. The first kappa shape index (κ1) is 7.61. The van der Waals surface area contributed by atoms with E-state index in [9.17, 15) is 0 Å². The molecule has 1 aliphatic rings. The van der Waals surface area contributed by atoms with Gasteiger partial charge in [-0.3, -0.25) is 0 Å². The van der Waals surface area contributed by atoms with Crippen molar-refractivity contribution >= 4 is 5.88 Å². The van der Waals surface area contributed by atoms with E-state index in [2.05, 4.69) is 10.5 Å². The van der Waals surface area contributed by atoms with E-state index >= 15 is 0 Å². The van der Waals surface area contributed by atoms with Crippen molar-refractivity contribution in [2.75, 3.05) is 5.73 Å². The minimum absolute atomic E-state index is 0.432. The zero-order chi connectivity index (χ0) is 8.39.